The summed E-state index contributed by atoms with van der Waals surface area (Å²) in [6.07, 6.45) is 2.47. The number of hydrogen-bond donors (Lipinski definition) is 1. The van der Waals surface area contributed by atoms with Crippen molar-refractivity contribution >= 4 is 11.8 Å². The molecule has 0 bridgehead atoms. The summed E-state index contributed by atoms with van der Waals surface area (Å²) in [7, 11) is 2.03. The van der Waals surface area contributed by atoms with Gasteiger partial charge >= 0.3 is 0 Å². The zero-order valence-electron chi connectivity index (χ0n) is 9.55. The first-order valence-electron chi connectivity index (χ1n) is 5.75. The van der Waals surface area contributed by atoms with Crippen LogP contribution in [-0.2, 0) is 6.42 Å². The average Bonchev–Trinajstić information content (AvgIpc) is 2.72. The molecule has 2 rings (SSSR count). The quantitative estimate of drug-likeness (QED) is 0.838. The number of benzene rings is 1. The Morgan fingerprint density at radius 3 is 3.07 bits per heavy atom. The molecule has 0 saturated heterocycles. The Kier molecular flexibility index (Phi) is 3.71. The first-order chi connectivity index (χ1) is 7.35. The summed E-state index contributed by atoms with van der Waals surface area (Å²) in [6, 6.07) is 7.03. The number of nitrogens with one attached hydrogen (secondary N) is 1. The molecule has 1 aliphatic rings. The fraction of sp³-hybridized carbons (Fsp3) is 0.538. The van der Waals surface area contributed by atoms with Crippen molar-refractivity contribution in [3.63, 3.8) is 0 Å². The molecule has 15 heavy (non-hydrogen) atoms. The lowest BCUT2D eigenvalue weighted by molar-refractivity contribution is 0.611. The lowest BCUT2D eigenvalue weighted by Crippen LogP contribution is -2.16. The highest BCUT2D eigenvalue weighted by atomic mass is 32.2. The van der Waals surface area contributed by atoms with Crippen LogP contribution >= 0.6 is 11.8 Å². The third kappa shape index (κ3) is 2.37. The number of likely N-dealkylation sites (N-methyl/N-ethyl adjacent to an activating group) is 1. The van der Waals surface area contributed by atoms with E-state index in [1.165, 1.54) is 29.1 Å². The van der Waals surface area contributed by atoms with Crippen LogP contribution in [0.25, 0.3) is 0 Å². The van der Waals surface area contributed by atoms with Crippen LogP contribution in [0.3, 0.4) is 0 Å². The van der Waals surface area contributed by atoms with Crippen LogP contribution < -0.4 is 5.32 Å². The monoisotopic (exact) mass is 221 g/mol. The van der Waals surface area contributed by atoms with Gasteiger partial charge in [0.15, 0.2) is 0 Å². The third-order valence-electron chi connectivity index (χ3n) is 3.13. The van der Waals surface area contributed by atoms with Crippen LogP contribution in [0.4, 0.5) is 0 Å². The molecule has 1 heterocycles. The van der Waals surface area contributed by atoms with Crippen molar-refractivity contribution in [1.82, 2.24) is 5.32 Å². The fourth-order valence-electron chi connectivity index (χ4n) is 2.20. The predicted molar refractivity (Wildman–Crippen MR) is 67.8 cm³/mol. The smallest absolute Gasteiger partial charge is 0.0105 e. The topological polar surface area (TPSA) is 12.0 Å². The van der Waals surface area contributed by atoms with Crippen molar-refractivity contribution in [1.29, 1.82) is 0 Å². The van der Waals surface area contributed by atoms with Gasteiger partial charge in [0.2, 0.25) is 0 Å². The summed E-state index contributed by atoms with van der Waals surface area (Å²) in [5.74, 6) is 1.94. The van der Waals surface area contributed by atoms with Gasteiger partial charge in [0, 0.05) is 17.2 Å². The molecule has 0 spiro atoms. The van der Waals surface area contributed by atoms with E-state index >= 15 is 0 Å². The summed E-state index contributed by atoms with van der Waals surface area (Å²) < 4.78 is 0. The molecule has 1 unspecified atom stereocenters. The molecule has 1 nitrogen and oxygen atoms in total. The minimum Gasteiger partial charge on any atom is -0.319 e. The minimum absolute atomic E-state index is 0.672. The molecule has 0 radical (unpaired) electrons. The van der Waals surface area contributed by atoms with Gasteiger partial charge < -0.3 is 5.32 Å². The standard InChI is InChI=1S/C13H19NS/c1-3-10(9-14-2)11-4-5-13-12(8-11)6-7-15-13/h4-5,8,10,14H,3,6-7,9H2,1-2H3. The van der Waals surface area contributed by atoms with Crippen LogP contribution in [0, 0.1) is 0 Å². The van der Waals surface area contributed by atoms with Gasteiger partial charge in [0.1, 0.15) is 0 Å². The van der Waals surface area contributed by atoms with Gasteiger partial charge in [-0.1, -0.05) is 19.1 Å². The first-order valence-corrected chi connectivity index (χ1v) is 6.74. The highest BCUT2D eigenvalue weighted by molar-refractivity contribution is 7.99. The molecule has 82 valence electrons. The molecule has 1 aromatic rings. The Bertz CT molecular complexity index is 335. The van der Waals surface area contributed by atoms with Crippen molar-refractivity contribution in [3.05, 3.63) is 29.3 Å². The van der Waals surface area contributed by atoms with Crippen LogP contribution in [0.1, 0.15) is 30.4 Å². The van der Waals surface area contributed by atoms with Crippen LogP contribution in [-0.4, -0.2) is 19.3 Å². The van der Waals surface area contributed by atoms with E-state index in [0.717, 1.165) is 6.54 Å². The summed E-state index contributed by atoms with van der Waals surface area (Å²) in [6.45, 7) is 3.35. The Hall–Kier alpha value is -0.470. The van der Waals surface area contributed by atoms with Crippen molar-refractivity contribution in [2.24, 2.45) is 0 Å². The van der Waals surface area contributed by atoms with Gasteiger partial charge in [-0.25, -0.2) is 0 Å². The normalized spacial score (nSPS) is 16.4. The molecule has 0 aromatic heterocycles. The second kappa shape index (κ2) is 5.04. The summed E-state index contributed by atoms with van der Waals surface area (Å²) in [5, 5.41) is 3.28. The number of thioether (sulfide) groups is 1. The van der Waals surface area contributed by atoms with Crippen molar-refractivity contribution in [2.45, 2.75) is 30.6 Å². The lowest BCUT2D eigenvalue weighted by atomic mass is 9.94. The maximum Gasteiger partial charge on any atom is 0.0105 e. The molecule has 1 atom stereocenters. The van der Waals surface area contributed by atoms with E-state index in [9.17, 15) is 0 Å². The Labute approximate surface area is 96.7 Å². The highest BCUT2D eigenvalue weighted by Crippen LogP contribution is 2.33. The van der Waals surface area contributed by atoms with Crippen molar-refractivity contribution in [2.75, 3.05) is 19.3 Å². The average molecular weight is 221 g/mol. The van der Waals surface area contributed by atoms with E-state index in [0.29, 0.717) is 5.92 Å². The van der Waals surface area contributed by atoms with E-state index in [2.05, 4.69) is 30.4 Å². The van der Waals surface area contributed by atoms with Gasteiger partial charge in [0.25, 0.3) is 0 Å². The molecular weight excluding hydrogens is 202 g/mol. The Morgan fingerprint density at radius 2 is 2.33 bits per heavy atom. The van der Waals surface area contributed by atoms with E-state index in [1.807, 2.05) is 18.8 Å². The molecular formula is C13H19NS. The third-order valence-corrected chi connectivity index (χ3v) is 4.25. The van der Waals surface area contributed by atoms with Crippen molar-refractivity contribution in [3.8, 4) is 0 Å². The van der Waals surface area contributed by atoms with Gasteiger partial charge in [-0.15, -0.1) is 11.8 Å². The number of aryl methyl sites for hydroxylation is 1. The van der Waals surface area contributed by atoms with Crippen molar-refractivity contribution < 1.29 is 0 Å². The van der Waals surface area contributed by atoms with Gasteiger partial charge in [-0.3, -0.25) is 0 Å². The summed E-state index contributed by atoms with van der Waals surface area (Å²) in [4.78, 5) is 1.50. The lowest BCUT2D eigenvalue weighted by Gasteiger charge is -2.15. The van der Waals surface area contributed by atoms with E-state index in [1.54, 1.807) is 5.56 Å². The van der Waals surface area contributed by atoms with E-state index < -0.39 is 0 Å². The molecule has 0 amide bonds. The molecule has 1 N–H and O–H groups in total. The zero-order chi connectivity index (χ0) is 10.7. The van der Waals surface area contributed by atoms with Gasteiger partial charge in [-0.2, -0.15) is 0 Å². The fourth-order valence-corrected chi connectivity index (χ4v) is 3.26. The molecule has 0 saturated carbocycles. The van der Waals surface area contributed by atoms with Crippen LogP contribution in [0.5, 0.6) is 0 Å². The maximum absolute atomic E-state index is 3.28. The van der Waals surface area contributed by atoms with E-state index in [4.69, 9.17) is 0 Å². The van der Waals surface area contributed by atoms with Gasteiger partial charge in [0.05, 0.1) is 0 Å². The SMILES string of the molecule is CCC(CNC)c1ccc2c(c1)CCS2. The Morgan fingerprint density at radius 1 is 1.47 bits per heavy atom. The molecule has 0 fully saturated rings. The summed E-state index contributed by atoms with van der Waals surface area (Å²) in [5.41, 5.74) is 3.07. The molecule has 1 aliphatic heterocycles. The minimum atomic E-state index is 0.672. The van der Waals surface area contributed by atoms with Crippen LogP contribution in [0.15, 0.2) is 23.1 Å². The number of fused-ring (bicyclic) bond motifs is 1. The first kappa shape index (κ1) is 11.0. The Balaban J connectivity index is 2.20. The second-order valence-electron chi connectivity index (χ2n) is 4.13. The van der Waals surface area contributed by atoms with E-state index in [-0.39, 0.29) is 0 Å². The highest BCUT2D eigenvalue weighted by Gasteiger charge is 2.14. The van der Waals surface area contributed by atoms with Crippen LogP contribution in [0.2, 0.25) is 0 Å². The predicted octanol–water partition coefficient (Wildman–Crippen LogP) is 3.05. The maximum atomic E-state index is 3.28. The number of rotatable bonds is 4. The molecule has 1 aromatic carbocycles. The zero-order valence-corrected chi connectivity index (χ0v) is 10.4. The molecule has 0 aliphatic carbocycles. The largest absolute Gasteiger partial charge is 0.319 e. The second-order valence-corrected chi connectivity index (χ2v) is 5.27. The number of hydrogen-bond acceptors (Lipinski definition) is 2. The summed E-state index contributed by atoms with van der Waals surface area (Å²) >= 11 is 1.99. The van der Waals surface area contributed by atoms with Gasteiger partial charge in [-0.05, 0) is 43.0 Å². The molecule has 2 heteroatoms.